The Morgan fingerprint density at radius 2 is 2.10 bits per heavy atom. The fourth-order valence-corrected chi connectivity index (χ4v) is 3.78. The second-order valence-electron chi connectivity index (χ2n) is 6.14. The van der Waals surface area contributed by atoms with Crippen LogP contribution in [-0.4, -0.2) is 44.9 Å². The summed E-state index contributed by atoms with van der Waals surface area (Å²) in [5.74, 6) is 0.571. The lowest BCUT2D eigenvalue weighted by Crippen LogP contribution is -2.45. The molecule has 3 nitrogen and oxygen atoms in total. The van der Waals surface area contributed by atoms with Crippen LogP contribution in [-0.2, 0) is 9.47 Å². The maximum atomic E-state index is 12.0. The van der Waals surface area contributed by atoms with Gasteiger partial charge in [0.15, 0.2) is 0 Å². The molecule has 1 aliphatic carbocycles. The zero-order valence-corrected chi connectivity index (χ0v) is 12.4. The first-order valence-electron chi connectivity index (χ1n) is 7.82. The summed E-state index contributed by atoms with van der Waals surface area (Å²) in [5.41, 5.74) is 0.113. The van der Waals surface area contributed by atoms with Gasteiger partial charge < -0.3 is 14.8 Å². The third-order valence-electron chi connectivity index (χ3n) is 4.80. The Hall–Kier alpha value is -0.260. The molecule has 2 fully saturated rings. The number of halogens is 2. The van der Waals surface area contributed by atoms with Crippen LogP contribution in [0, 0.1) is 5.92 Å². The molecule has 0 radical (unpaired) electrons. The molecule has 1 heterocycles. The normalized spacial score (nSPS) is 27.3. The van der Waals surface area contributed by atoms with Crippen LogP contribution in [0.4, 0.5) is 8.78 Å². The first kappa shape index (κ1) is 16.1. The number of hydrogen-bond donors (Lipinski definition) is 1. The number of nitrogens with one attached hydrogen (secondary N) is 1. The van der Waals surface area contributed by atoms with Gasteiger partial charge in [0.2, 0.25) is 0 Å². The number of hydrogen-bond acceptors (Lipinski definition) is 3. The van der Waals surface area contributed by atoms with Crippen LogP contribution >= 0.6 is 0 Å². The van der Waals surface area contributed by atoms with Crippen LogP contribution in [0.1, 0.15) is 44.9 Å². The van der Waals surface area contributed by atoms with E-state index >= 15 is 0 Å². The summed E-state index contributed by atoms with van der Waals surface area (Å²) in [6.07, 6.45) is 5.50. The van der Waals surface area contributed by atoms with Crippen LogP contribution < -0.4 is 5.32 Å². The molecule has 2 aliphatic rings. The summed E-state index contributed by atoms with van der Waals surface area (Å²) in [7, 11) is 1.95. The van der Waals surface area contributed by atoms with E-state index in [4.69, 9.17) is 9.47 Å². The van der Waals surface area contributed by atoms with Crippen molar-refractivity contribution in [3.05, 3.63) is 0 Å². The highest BCUT2D eigenvalue weighted by atomic mass is 19.3. The van der Waals surface area contributed by atoms with E-state index in [0.29, 0.717) is 18.6 Å². The third kappa shape index (κ3) is 4.37. The largest absolute Gasteiger partial charge is 0.375 e. The van der Waals surface area contributed by atoms with Crippen molar-refractivity contribution >= 4 is 0 Å². The molecular formula is C15H27F2NO2. The van der Waals surface area contributed by atoms with E-state index in [0.717, 1.165) is 25.9 Å². The van der Waals surface area contributed by atoms with Crippen molar-refractivity contribution in [2.45, 2.75) is 63.0 Å². The molecule has 0 aromatic heterocycles. The van der Waals surface area contributed by atoms with Crippen LogP contribution in [0.5, 0.6) is 0 Å². The summed E-state index contributed by atoms with van der Waals surface area (Å²) in [6.45, 7) is 0.787. The van der Waals surface area contributed by atoms with Crippen LogP contribution in [0.15, 0.2) is 0 Å². The molecule has 1 saturated carbocycles. The van der Waals surface area contributed by atoms with Gasteiger partial charge in [0.25, 0.3) is 6.43 Å². The number of alkyl halides is 2. The maximum Gasteiger partial charge on any atom is 0.261 e. The average Bonchev–Trinajstić information content (AvgIpc) is 2.86. The lowest BCUT2D eigenvalue weighted by molar-refractivity contribution is -0.0991. The van der Waals surface area contributed by atoms with Gasteiger partial charge in [0.05, 0.1) is 5.60 Å². The summed E-state index contributed by atoms with van der Waals surface area (Å²) in [4.78, 5) is 0. The molecule has 1 N–H and O–H groups in total. The highest BCUT2D eigenvalue weighted by molar-refractivity contribution is 4.94. The van der Waals surface area contributed by atoms with E-state index in [-0.39, 0.29) is 5.60 Å². The Morgan fingerprint density at radius 1 is 1.35 bits per heavy atom. The van der Waals surface area contributed by atoms with Gasteiger partial charge in [-0.25, -0.2) is 8.78 Å². The quantitative estimate of drug-likeness (QED) is 0.732. The Kier molecular flexibility index (Phi) is 6.18. The van der Waals surface area contributed by atoms with Gasteiger partial charge in [0.1, 0.15) is 6.61 Å². The first-order chi connectivity index (χ1) is 9.65. The molecule has 5 heteroatoms. The molecule has 1 saturated heterocycles. The van der Waals surface area contributed by atoms with Crippen LogP contribution in [0.25, 0.3) is 0 Å². The molecular weight excluding hydrogens is 264 g/mol. The first-order valence-corrected chi connectivity index (χ1v) is 7.82. The van der Waals surface area contributed by atoms with Gasteiger partial charge in [0, 0.05) is 19.3 Å². The van der Waals surface area contributed by atoms with Crippen LogP contribution in [0.2, 0.25) is 0 Å². The lowest BCUT2D eigenvalue weighted by Gasteiger charge is -2.41. The summed E-state index contributed by atoms with van der Waals surface area (Å²) < 4.78 is 35.1. The van der Waals surface area contributed by atoms with E-state index in [1.807, 2.05) is 7.05 Å². The van der Waals surface area contributed by atoms with Crippen molar-refractivity contribution in [3.8, 4) is 0 Å². The smallest absolute Gasteiger partial charge is 0.261 e. The van der Waals surface area contributed by atoms with Crippen molar-refractivity contribution < 1.29 is 18.3 Å². The Morgan fingerprint density at radius 3 is 2.75 bits per heavy atom. The highest BCUT2D eigenvalue weighted by Crippen LogP contribution is 2.43. The molecule has 1 aliphatic heterocycles. The minimum Gasteiger partial charge on any atom is -0.375 e. The molecule has 0 aromatic rings. The summed E-state index contributed by atoms with van der Waals surface area (Å²) >= 11 is 0. The van der Waals surface area contributed by atoms with Crippen molar-refractivity contribution in [2.75, 3.05) is 26.9 Å². The molecule has 2 atom stereocenters. The predicted octanol–water partition coefficient (Wildman–Crippen LogP) is 2.99. The molecule has 118 valence electrons. The topological polar surface area (TPSA) is 30.5 Å². The summed E-state index contributed by atoms with van der Waals surface area (Å²) in [5, 5.41) is 3.34. The van der Waals surface area contributed by atoms with E-state index in [9.17, 15) is 8.78 Å². The summed E-state index contributed by atoms with van der Waals surface area (Å²) in [6, 6.07) is 0.342. The van der Waals surface area contributed by atoms with Gasteiger partial charge in [-0.3, -0.25) is 0 Å². The zero-order chi connectivity index (χ0) is 14.4. The molecule has 2 unspecified atom stereocenters. The monoisotopic (exact) mass is 291 g/mol. The van der Waals surface area contributed by atoms with Gasteiger partial charge >= 0.3 is 0 Å². The van der Waals surface area contributed by atoms with Crippen molar-refractivity contribution in [1.29, 1.82) is 0 Å². The molecule has 1 spiro atoms. The molecule has 0 bridgehead atoms. The van der Waals surface area contributed by atoms with Gasteiger partial charge in [-0.15, -0.1) is 0 Å². The Labute approximate surface area is 120 Å². The highest BCUT2D eigenvalue weighted by Gasteiger charge is 2.41. The average molecular weight is 291 g/mol. The molecule has 20 heavy (non-hydrogen) atoms. The lowest BCUT2D eigenvalue weighted by atomic mass is 9.80. The second kappa shape index (κ2) is 7.66. The molecule has 0 aromatic carbocycles. The number of ether oxygens (including phenoxy) is 2. The minimum atomic E-state index is -2.37. The van der Waals surface area contributed by atoms with E-state index in [2.05, 4.69) is 5.32 Å². The Balaban J connectivity index is 1.77. The zero-order valence-electron chi connectivity index (χ0n) is 12.4. The third-order valence-corrected chi connectivity index (χ3v) is 4.80. The fraction of sp³-hybridized carbons (Fsp3) is 1.00. The Bertz CT molecular complexity index is 283. The molecule has 0 amide bonds. The second-order valence-corrected chi connectivity index (χ2v) is 6.14. The maximum absolute atomic E-state index is 12.0. The van der Waals surface area contributed by atoms with Crippen LogP contribution in [0.3, 0.4) is 0 Å². The van der Waals surface area contributed by atoms with Gasteiger partial charge in [-0.2, -0.15) is 0 Å². The van der Waals surface area contributed by atoms with Crippen molar-refractivity contribution in [3.63, 3.8) is 0 Å². The SMILES string of the molecule is CNC(CCOCC(F)F)C1CCOC2(CCCC2)C1. The van der Waals surface area contributed by atoms with E-state index in [1.165, 1.54) is 25.7 Å². The van der Waals surface area contributed by atoms with Gasteiger partial charge in [-0.1, -0.05) is 12.8 Å². The minimum absolute atomic E-state index is 0.113. The number of rotatable bonds is 7. The van der Waals surface area contributed by atoms with Crippen molar-refractivity contribution in [2.24, 2.45) is 5.92 Å². The standard InChI is InChI=1S/C15H27F2NO2/c1-18-13(5-8-19-11-14(16)17)12-4-9-20-15(10-12)6-2-3-7-15/h12-14,18H,2-11H2,1H3. The van der Waals surface area contributed by atoms with Crippen molar-refractivity contribution in [1.82, 2.24) is 5.32 Å². The van der Waals surface area contributed by atoms with E-state index < -0.39 is 13.0 Å². The fourth-order valence-electron chi connectivity index (χ4n) is 3.78. The van der Waals surface area contributed by atoms with E-state index in [1.54, 1.807) is 0 Å². The molecule has 2 rings (SSSR count). The predicted molar refractivity (Wildman–Crippen MR) is 74.2 cm³/mol. The van der Waals surface area contributed by atoms with Gasteiger partial charge in [-0.05, 0) is 45.1 Å².